The van der Waals surface area contributed by atoms with Gasteiger partial charge in [0.05, 0.1) is 35.6 Å². The molecule has 6 nitrogen and oxygen atoms in total. The van der Waals surface area contributed by atoms with Gasteiger partial charge in [-0.15, -0.1) is 11.3 Å². The summed E-state index contributed by atoms with van der Waals surface area (Å²) in [7, 11) is 1.60. The lowest BCUT2D eigenvalue weighted by atomic mass is 9.93. The van der Waals surface area contributed by atoms with Crippen LogP contribution in [0.2, 0.25) is 0 Å². The predicted octanol–water partition coefficient (Wildman–Crippen LogP) is 4.31. The van der Waals surface area contributed by atoms with Crippen molar-refractivity contribution in [2.75, 3.05) is 13.7 Å². The summed E-state index contributed by atoms with van der Waals surface area (Å²) in [6.07, 6.45) is 1.91. The summed E-state index contributed by atoms with van der Waals surface area (Å²) in [5.41, 5.74) is 3.30. The number of nitrogens with zero attached hydrogens (tertiary/aromatic N) is 2. The van der Waals surface area contributed by atoms with Gasteiger partial charge in [-0.3, -0.25) is 9.36 Å². The lowest BCUT2D eigenvalue weighted by Gasteiger charge is -2.26. The number of methoxy groups -OCH3 is 1. The monoisotopic (exact) mass is 516 g/mol. The number of aromatic nitrogens is 1. The van der Waals surface area contributed by atoms with E-state index in [1.807, 2.05) is 79.0 Å². The molecule has 1 atom stereocenters. The smallest absolute Gasteiger partial charge is 0.338 e. The minimum absolute atomic E-state index is 0.193. The van der Waals surface area contributed by atoms with E-state index in [0.29, 0.717) is 26.4 Å². The number of esters is 1. The molecule has 1 aliphatic heterocycles. The summed E-state index contributed by atoms with van der Waals surface area (Å²) in [5.74, 6) is 0.188. The van der Waals surface area contributed by atoms with Crippen LogP contribution in [0.4, 0.5) is 0 Å². The first-order chi connectivity index (χ1) is 17.5. The highest BCUT2D eigenvalue weighted by Gasteiger charge is 2.35. The molecule has 2 aromatic heterocycles. The van der Waals surface area contributed by atoms with Gasteiger partial charge >= 0.3 is 5.97 Å². The molecule has 0 aliphatic carbocycles. The summed E-state index contributed by atoms with van der Waals surface area (Å²) in [4.78, 5) is 33.7. The molecular formula is C28H24N2O4S2. The van der Waals surface area contributed by atoms with Crippen LogP contribution in [0, 0.1) is 6.92 Å². The number of hydrogen-bond acceptors (Lipinski definition) is 7. The number of thiophene rings is 1. The summed E-state index contributed by atoms with van der Waals surface area (Å²) in [5, 5.41) is 2.00. The van der Waals surface area contributed by atoms with E-state index in [9.17, 15) is 9.59 Å². The number of aryl methyl sites for hydroxylation is 1. The Morgan fingerprint density at radius 3 is 2.50 bits per heavy atom. The predicted molar refractivity (Wildman–Crippen MR) is 143 cm³/mol. The zero-order valence-corrected chi connectivity index (χ0v) is 21.7. The fourth-order valence-electron chi connectivity index (χ4n) is 4.19. The lowest BCUT2D eigenvalue weighted by Crippen LogP contribution is -2.40. The minimum Gasteiger partial charge on any atom is -0.497 e. The van der Waals surface area contributed by atoms with Crippen LogP contribution in [0.5, 0.6) is 5.75 Å². The Morgan fingerprint density at radius 2 is 1.86 bits per heavy atom. The quantitative estimate of drug-likeness (QED) is 0.358. The average Bonchev–Trinajstić information content (AvgIpc) is 3.45. The Morgan fingerprint density at radius 1 is 1.11 bits per heavy atom. The number of rotatable bonds is 6. The summed E-state index contributed by atoms with van der Waals surface area (Å²) in [6.45, 7) is 4.00. The van der Waals surface area contributed by atoms with Crippen LogP contribution in [-0.4, -0.2) is 24.3 Å². The number of carbonyl (C=O) groups excluding carboxylic acids is 1. The van der Waals surface area contributed by atoms with E-state index in [4.69, 9.17) is 14.5 Å². The highest BCUT2D eigenvalue weighted by Crippen LogP contribution is 2.35. The van der Waals surface area contributed by atoms with E-state index in [1.165, 1.54) is 11.3 Å². The molecule has 0 radical (unpaired) electrons. The highest BCUT2D eigenvalue weighted by atomic mass is 32.1. The maximum atomic E-state index is 13.8. The number of fused-ring (bicyclic) bond motifs is 1. The zero-order chi connectivity index (χ0) is 25.2. The summed E-state index contributed by atoms with van der Waals surface area (Å²) >= 11 is 2.91. The van der Waals surface area contributed by atoms with Crippen molar-refractivity contribution in [3.05, 3.63) is 113 Å². The number of carbonyl (C=O) groups is 1. The van der Waals surface area contributed by atoms with Crippen LogP contribution < -0.4 is 19.6 Å². The van der Waals surface area contributed by atoms with Crippen LogP contribution in [0.15, 0.2) is 81.4 Å². The number of ether oxygens (including phenoxy) is 2. The average molecular weight is 517 g/mol. The molecule has 1 aliphatic rings. The van der Waals surface area contributed by atoms with Crippen LogP contribution in [-0.2, 0) is 9.53 Å². The molecule has 0 spiro atoms. The summed E-state index contributed by atoms with van der Waals surface area (Å²) in [6, 6.07) is 18.3. The molecule has 0 fully saturated rings. The van der Waals surface area contributed by atoms with Crippen molar-refractivity contribution in [2.24, 2.45) is 4.99 Å². The second kappa shape index (κ2) is 10.1. The third-order valence-corrected chi connectivity index (χ3v) is 7.92. The first-order valence-electron chi connectivity index (χ1n) is 11.5. The van der Waals surface area contributed by atoms with Gasteiger partial charge in [0.1, 0.15) is 5.75 Å². The van der Waals surface area contributed by atoms with Crippen LogP contribution >= 0.6 is 22.7 Å². The Hall–Kier alpha value is -3.75. The molecule has 0 saturated carbocycles. The molecule has 8 heteroatoms. The first-order valence-corrected chi connectivity index (χ1v) is 13.2. The van der Waals surface area contributed by atoms with E-state index in [2.05, 4.69) is 0 Å². The van der Waals surface area contributed by atoms with Gasteiger partial charge in [-0.2, -0.15) is 0 Å². The molecule has 0 bridgehead atoms. The molecule has 4 aromatic rings. The standard InChI is InChI=1S/C28H24N2O4S2/c1-4-34-27(32)23-24(18-8-6-5-7-9-18)29-28-30(25(23)19-10-12-20(33-3)13-11-19)26(31)22(36-28)16-21-17(2)14-15-35-21/h5-16,25H,4H2,1-3H3/b22-16-/t25-/m1/s1. The number of thiazole rings is 1. The SMILES string of the molecule is CCOC(=O)C1=C(c2ccccc2)N=c2s/c(=C\c3sccc3C)c(=O)n2[C@@H]1c1ccc(OC)cc1. The summed E-state index contributed by atoms with van der Waals surface area (Å²) < 4.78 is 13.0. The van der Waals surface area contributed by atoms with Crippen molar-refractivity contribution in [3.8, 4) is 5.75 Å². The largest absolute Gasteiger partial charge is 0.497 e. The fraction of sp³-hybridized carbons (Fsp3) is 0.179. The molecule has 5 rings (SSSR count). The van der Waals surface area contributed by atoms with Crippen molar-refractivity contribution < 1.29 is 14.3 Å². The van der Waals surface area contributed by atoms with Gasteiger partial charge in [0.15, 0.2) is 4.80 Å². The van der Waals surface area contributed by atoms with Crippen molar-refractivity contribution in [3.63, 3.8) is 0 Å². The normalized spacial score (nSPS) is 15.4. The Kier molecular flexibility index (Phi) is 6.71. The topological polar surface area (TPSA) is 69.9 Å². The van der Waals surface area contributed by atoms with Gasteiger partial charge < -0.3 is 9.47 Å². The molecule has 0 saturated heterocycles. The Bertz CT molecular complexity index is 1630. The molecular weight excluding hydrogens is 492 g/mol. The van der Waals surface area contributed by atoms with Gasteiger partial charge in [-0.05, 0) is 54.6 Å². The molecule has 36 heavy (non-hydrogen) atoms. The zero-order valence-electron chi connectivity index (χ0n) is 20.1. The van der Waals surface area contributed by atoms with E-state index in [-0.39, 0.29) is 12.2 Å². The van der Waals surface area contributed by atoms with Crippen LogP contribution in [0.1, 0.15) is 34.5 Å². The van der Waals surface area contributed by atoms with Gasteiger partial charge in [-0.1, -0.05) is 53.8 Å². The number of hydrogen-bond donors (Lipinski definition) is 0. The van der Waals surface area contributed by atoms with Crippen LogP contribution in [0.25, 0.3) is 11.8 Å². The third-order valence-electron chi connectivity index (χ3n) is 5.97. The maximum absolute atomic E-state index is 13.8. The van der Waals surface area contributed by atoms with Gasteiger partial charge in [0, 0.05) is 10.4 Å². The van der Waals surface area contributed by atoms with Crippen molar-refractivity contribution in [2.45, 2.75) is 19.9 Å². The molecule has 3 heterocycles. The Balaban J connectivity index is 1.83. The van der Waals surface area contributed by atoms with Crippen molar-refractivity contribution in [1.29, 1.82) is 0 Å². The second-order valence-corrected chi connectivity index (χ2v) is 10.1. The third kappa shape index (κ3) is 4.34. The van der Waals surface area contributed by atoms with Gasteiger partial charge in [0.2, 0.25) is 0 Å². The molecule has 182 valence electrons. The van der Waals surface area contributed by atoms with Crippen LogP contribution in [0.3, 0.4) is 0 Å². The molecule has 2 aromatic carbocycles. The van der Waals surface area contributed by atoms with Gasteiger partial charge in [-0.25, -0.2) is 9.79 Å². The highest BCUT2D eigenvalue weighted by molar-refractivity contribution is 7.11. The molecule has 0 unspecified atom stereocenters. The minimum atomic E-state index is -0.701. The maximum Gasteiger partial charge on any atom is 0.338 e. The molecule has 0 amide bonds. The number of benzene rings is 2. The molecule has 0 N–H and O–H groups in total. The van der Waals surface area contributed by atoms with E-state index in [1.54, 1.807) is 29.9 Å². The van der Waals surface area contributed by atoms with Gasteiger partial charge in [0.25, 0.3) is 5.56 Å². The van der Waals surface area contributed by atoms with E-state index in [0.717, 1.165) is 21.6 Å². The van der Waals surface area contributed by atoms with E-state index < -0.39 is 12.0 Å². The lowest BCUT2D eigenvalue weighted by molar-refractivity contribution is -0.138. The van der Waals surface area contributed by atoms with Crippen molar-refractivity contribution >= 4 is 40.4 Å². The fourth-order valence-corrected chi connectivity index (χ4v) is 6.11. The van der Waals surface area contributed by atoms with E-state index >= 15 is 0 Å². The second-order valence-electron chi connectivity index (χ2n) is 8.17. The Labute approximate surface area is 216 Å². The van der Waals surface area contributed by atoms with Crippen molar-refractivity contribution in [1.82, 2.24) is 4.57 Å². The first kappa shape index (κ1) is 24.0.